The molecule has 3 aliphatic heterocycles. The molecule has 10 nitrogen and oxygen atoms in total. The average molecular weight is 874 g/mol. The van der Waals surface area contributed by atoms with E-state index in [1.807, 2.05) is 36.4 Å². The Bertz CT molecular complexity index is 2650. The van der Waals surface area contributed by atoms with E-state index in [1.165, 1.54) is 63.3 Å². The fourth-order valence-corrected chi connectivity index (χ4v) is 11.6. The summed E-state index contributed by atoms with van der Waals surface area (Å²) in [7, 11) is 1.45. The Morgan fingerprint density at radius 3 is 2.54 bits per heavy atom. The van der Waals surface area contributed by atoms with Gasteiger partial charge < -0.3 is 44.7 Å². The van der Waals surface area contributed by atoms with Gasteiger partial charge in [-0.1, -0.05) is 117 Å². The second-order valence-electron chi connectivity index (χ2n) is 18.9. The van der Waals surface area contributed by atoms with Crippen molar-refractivity contribution < 1.29 is 34.3 Å². The maximum absolute atomic E-state index is 14.6. The largest absolute Gasteiger partial charge is 0.508 e. The summed E-state index contributed by atoms with van der Waals surface area (Å²) < 4.78 is 19.1. The smallest absolute Gasteiger partial charge is 0.204 e. The number of aromatic nitrogens is 1. The number of ether oxygens (including phenoxy) is 3. The van der Waals surface area contributed by atoms with Gasteiger partial charge in [0.05, 0.1) is 43.8 Å². The first kappa shape index (κ1) is 42.8. The first-order valence-corrected chi connectivity index (χ1v) is 23.4. The number of nitrogens with one attached hydrogen (secondary N) is 2. The van der Waals surface area contributed by atoms with Gasteiger partial charge in [0.15, 0.2) is 17.3 Å². The molecule has 1 saturated heterocycles. The Morgan fingerprint density at radius 2 is 1.74 bits per heavy atom. The quantitative estimate of drug-likeness (QED) is 0.0870. The van der Waals surface area contributed by atoms with Crippen molar-refractivity contribution >= 4 is 17.7 Å². The van der Waals surface area contributed by atoms with Crippen molar-refractivity contribution in [1.82, 2.24) is 10.3 Å². The standard InChI is InChI=1S/C55H59N3O7/c1-54(23-9-26-55(54)24-6-7-25-55)46-32-43-38-13-8-12-36(30-38)31-39(15-18-40-34-58(28-27-56-40)53(43)57-46)47-49(62)52(63-2)51(64-29-22-42(60)19-14-35-10-4-3-5-11-35)48-44(61)33-45(65-50(47)48)37-16-20-41(59)21-17-37/h3-5,8,10-14,16-17,19-21,30,32,39-40,42,45,56-57,59-60,62H,6-7,9,22-29,31,33-34H2,1-2H3. The van der Waals surface area contributed by atoms with Gasteiger partial charge in [-0.3, -0.25) is 4.79 Å². The van der Waals surface area contributed by atoms with Gasteiger partial charge in [0.2, 0.25) is 5.75 Å². The number of hydrogen-bond acceptors (Lipinski definition) is 9. The number of hydrogen-bond donors (Lipinski definition) is 5. The minimum absolute atomic E-state index is 0.00862. The van der Waals surface area contributed by atoms with Gasteiger partial charge in [-0.25, -0.2) is 0 Å². The van der Waals surface area contributed by atoms with Crippen molar-refractivity contribution in [3.8, 4) is 51.7 Å². The highest BCUT2D eigenvalue weighted by atomic mass is 16.5. The van der Waals surface area contributed by atoms with Crippen LogP contribution in [0.1, 0.15) is 115 Å². The third-order valence-corrected chi connectivity index (χ3v) is 15.1. The second kappa shape index (κ2) is 17.7. The zero-order valence-corrected chi connectivity index (χ0v) is 37.4. The van der Waals surface area contributed by atoms with Crippen LogP contribution < -0.4 is 24.4 Å². The monoisotopic (exact) mass is 873 g/mol. The van der Waals surface area contributed by atoms with E-state index in [9.17, 15) is 20.1 Å². The van der Waals surface area contributed by atoms with E-state index >= 15 is 0 Å². The summed E-state index contributed by atoms with van der Waals surface area (Å²) in [5, 5.41) is 37.1. The van der Waals surface area contributed by atoms with Crippen molar-refractivity contribution in [2.75, 3.05) is 38.3 Å². The van der Waals surface area contributed by atoms with Crippen LogP contribution in [0.5, 0.6) is 28.7 Å². The first-order valence-electron chi connectivity index (χ1n) is 23.4. The van der Waals surface area contributed by atoms with Crippen molar-refractivity contribution in [3.63, 3.8) is 0 Å². The predicted octanol–water partition coefficient (Wildman–Crippen LogP) is 9.77. The highest BCUT2D eigenvalue weighted by Gasteiger charge is 2.54. The number of nitrogens with zero attached hydrogens (tertiary/aromatic N) is 1. The molecular weight excluding hydrogens is 815 g/mol. The molecule has 5 unspecified atom stereocenters. The zero-order chi connectivity index (χ0) is 44.7. The summed E-state index contributed by atoms with van der Waals surface area (Å²) in [5.74, 6) is 7.61. The summed E-state index contributed by atoms with van der Waals surface area (Å²) in [6.07, 6.45) is 11.6. The van der Waals surface area contributed by atoms with Gasteiger partial charge in [0.25, 0.3) is 0 Å². The number of anilines is 1. The van der Waals surface area contributed by atoms with E-state index in [2.05, 4.69) is 64.3 Å². The fraction of sp³-hybridized carbons (Fsp3) is 0.400. The number of Topliss-reactive ketones (excluding diaryl/α,β-unsaturated/α-hetero) is 1. The number of ketones is 1. The molecule has 3 fully saturated rings. The maximum atomic E-state index is 14.6. The molecule has 4 heterocycles. The molecule has 10 rings (SSSR count). The van der Waals surface area contributed by atoms with Crippen LogP contribution in [0.25, 0.3) is 17.2 Å². The number of aromatic amines is 1. The van der Waals surface area contributed by atoms with Gasteiger partial charge in [-0.15, -0.1) is 0 Å². The number of phenolic OH excluding ortho intramolecular Hbond substituents is 2. The molecule has 5 aliphatic rings. The first-order chi connectivity index (χ1) is 31.6. The number of aromatic hydroxyl groups is 2. The predicted molar refractivity (Wildman–Crippen MR) is 253 cm³/mol. The number of rotatable bonds is 10. The molecule has 0 amide bonds. The number of methoxy groups -OCH3 is 1. The van der Waals surface area contributed by atoms with E-state index in [1.54, 1.807) is 30.3 Å². The lowest BCUT2D eigenvalue weighted by Crippen LogP contribution is -2.50. The Morgan fingerprint density at radius 1 is 0.938 bits per heavy atom. The Labute approximate surface area is 381 Å². The van der Waals surface area contributed by atoms with Crippen molar-refractivity contribution in [1.29, 1.82) is 0 Å². The number of aliphatic hydroxyl groups is 1. The molecule has 4 aromatic carbocycles. The summed E-state index contributed by atoms with van der Waals surface area (Å²) in [6.45, 7) is 4.79. The van der Waals surface area contributed by atoms with Crippen LogP contribution in [0.15, 0.2) is 91.0 Å². The number of carbonyl (C=O) groups is 1. The molecular formula is C55H59N3O7. The van der Waals surface area contributed by atoms with E-state index in [4.69, 9.17) is 14.2 Å². The molecule has 4 bridgehead atoms. The maximum Gasteiger partial charge on any atom is 0.204 e. The molecule has 2 aliphatic carbocycles. The van der Waals surface area contributed by atoms with Crippen LogP contribution in [-0.4, -0.2) is 71.6 Å². The average Bonchev–Trinajstić information content (AvgIpc) is 4.08. The molecule has 5 atom stereocenters. The molecule has 336 valence electrons. The lowest BCUT2D eigenvalue weighted by molar-refractivity contribution is 0.0836. The van der Waals surface area contributed by atoms with Gasteiger partial charge in [-0.05, 0) is 78.0 Å². The van der Waals surface area contributed by atoms with Crippen molar-refractivity contribution in [2.45, 2.75) is 101 Å². The summed E-state index contributed by atoms with van der Waals surface area (Å²) in [4.78, 5) is 21.1. The van der Waals surface area contributed by atoms with E-state index in [0.29, 0.717) is 29.5 Å². The van der Waals surface area contributed by atoms with Gasteiger partial charge >= 0.3 is 0 Å². The second-order valence-corrected chi connectivity index (χ2v) is 18.9. The highest BCUT2D eigenvalue weighted by molar-refractivity contribution is 6.05. The lowest BCUT2D eigenvalue weighted by atomic mass is 9.64. The highest BCUT2D eigenvalue weighted by Crippen LogP contribution is 2.62. The normalized spacial score (nSPS) is 23.7. The van der Waals surface area contributed by atoms with Crippen LogP contribution in [0, 0.1) is 17.3 Å². The molecule has 5 aromatic rings. The topological polar surface area (TPSA) is 137 Å². The number of carbonyl (C=O) groups excluding carboxylic acids is 1. The number of H-pyrrole nitrogens is 1. The van der Waals surface area contributed by atoms with E-state index < -0.39 is 18.1 Å². The Hall–Kier alpha value is -6.15. The minimum atomic E-state index is -0.828. The number of benzene rings is 4. The summed E-state index contributed by atoms with van der Waals surface area (Å²) >= 11 is 0. The molecule has 5 N–H and O–H groups in total. The summed E-state index contributed by atoms with van der Waals surface area (Å²) in [6, 6.07) is 27.3. The molecule has 2 saturated carbocycles. The number of fused-ring (bicyclic) bond motifs is 8. The lowest BCUT2D eigenvalue weighted by Gasteiger charge is -2.41. The third-order valence-electron chi connectivity index (χ3n) is 15.1. The SMILES string of the molecule is COc1c(O)c(C2C#CC3CN(CCN3)c3[nH]c(C4(C)CCCC45CCCC5)cc3-c3cccc(c3)C2)c2c(c1OCCC(O)C=Cc1ccccc1)C(=O)CC(c1ccc(O)cc1)O2. The Kier molecular flexibility index (Phi) is 11.6. The van der Waals surface area contributed by atoms with Crippen LogP contribution in [0.2, 0.25) is 0 Å². The number of piperazine rings is 1. The number of phenols is 2. The van der Waals surface area contributed by atoms with E-state index in [0.717, 1.165) is 35.6 Å². The van der Waals surface area contributed by atoms with Gasteiger partial charge in [0.1, 0.15) is 29.0 Å². The molecule has 0 radical (unpaired) electrons. The van der Waals surface area contributed by atoms with Crippen LogP contribution in [0.4, 0.5) is 5.82 Å². The third kappa shape index (κ3) is 8.04. The molecule has 1 aromatic heterocycles. The molecule has 10 heteroatoms. The van der Waals surface area contributed by atoms with Crippen molar-refractivity contribution in [3.05, 3.63) is 125 Å². The fourth-order valence-electron chi connectivity index (χ4n) is 11.6. The minimum Gasteiger partial charge on any atom is -0.508 e. The zero-order valence-electron chi connectivity index (χ0n) is 37.4. The van der Waals surface area contributed by atoms with Crippen molar-refractivity contribution in [2.24, 2.45) is 5.41 Å². The summed E-state index contributed by atoms with van der Waals surface area (Å²) in [5.41, 5.74) is 7.30. The van der Waals surface area contributed by atoms with Gasteiger partial charge in [0, 0.05) is 42.7 Å². The van der Waals surface area contributed by atoms with Crippen LogP contribution in [0.3, 0.4) is 0 Å². The van der Waals surface area contributed by atoms with Crippen LogP contribution >= 0.6 is 0 Å². The number of aliphatic hydroxyl groups excluding tert-OH is 1. The van der Waals surface area contributed by atoms with Gasteiger partial charge in [-0.2, -0.15) is 0 Å². The Balaban J connectivity index is 1.05. The molecule has 65 heavy (non-hydrogen) atoms. The van der Waals surface area contributed by atoms with E-state index in [-0.39, 0.29) is 71.0 Å². The van der Waals surface area contributed by atoms with Crippen LogP contribution in [-0.2, 0) is 11.8 Å². The molecule has 1 spiro atoms.